The number of halogens is 3. The molecule has 8 heteroatoms. The van der Waals surface area contributed by atoms with E-state index in [4.69, 9.17) is 40.5 Å². The maximum Gasteiger partial charge on any atom is 0.343 e. The Hall–Kier alpha value is -1.43. The Bertz CT molecular complexity index is 674. The van der Waals surface area contributed by atoms with Gasteiger partial charge in [0.2, 0.25) is 0 Å². The summed E-state index contributed by atoms with van der Waals surface area (Å²) in [5.41, 5.74) is 6.88. The minimum atomic E-state index is -0.576. The van der Waals surface area contributed by atoms with E-state index in [2.05, 4.69) is 9.84 Å². The number of nitrogen functional groups attached to an aromatic ring is 1. The van der Waals surface area contributed by atoms with E-state index in [1.54, 1.807) is 6.92 Å². The summed E-state index contributed by atoms with van der Waals surface area (Å²) in [6.45, 7) is 1.64. The van der Waals surface area contributed by atoms with Crippen molar-refractivity contribution in [2.24, 2.45) is 0 Å². The first kappa shape index (κ1) is 15.0. The van der Waals surface area contributed by atoms with Gasteiger partial charge in [-0.2, -0.15) is 5.10 Å². The molecule has 1 heterocycles. The number of carbonyl (C=O) groups is 1. The number of hydrogen-bond acceptors (Lipinski definition) is 4. The summed E-state index contributed by atoms with van der Waals surface area (Å²) >= 11 is 18.1. The number of nitrogens with two attached hydrogens (primary N) is 1. The van der Waals surface area contributed by atoms with E-state index in [0.717, 1.165) is 0 Å². The van der Waals surface area contributed by atoms with Crippen molar-refractivity contribution in [3.8, 4) is 5.69 Å². The lowest BCUT2D eigenvalue weighted by Crippen LogP contribution is -2.08. The van der Waals surface area contributed by atoms with Gasteiger partial charge in [-0.3, -0.25) is 0 Å². The summed E-state index contributed by atoms with van der Waals surface area (Å²) in [5.74, 6) is -0.479. The van der Waals surface area contributed by atoms with Crippen molar-refractivity contribution in [3.63, 3.8) is 0 Å². The zero-order valence-corrected chi connectivity index (χ0v) is 12.8. The van der Waals surface area contributed by atoms with Crippen LogP contribution in [0.5, 0.6) is 0 Å². The Morgan fingerprint density at radius 2 is 1.85 bits per heavy atom. The van der Waals surface area contributed by atoms with Crippen molar-refractivity contribution >= 4 is 46.6 Å². The number of esters is 1. The number of aromatic nitrogens is 2. The highest BCUT2D eigenvalue weighted by molar-refractivity contribution is 6.40. The van der Waals surface area contributed by atoms with Gasteiger partial charge in [-0.15, -0.1) is 0 Å². The van der Waals surface area contributed by atoms with Crippen molar-refractivity contribution in [1.82, 2.24) is 9.78 Å². The van der Waals surface area contributed by atoms with Crippen LogP contribution in [0.3, 0.4) is 0 Å². The number of benzene rings is 1. The van der Waals surface area contributed by atoms with Crippen molar-refractivity contribution < 1.29 is 9.53 Å². The second-order valence-corrected chi connectivity index (χ2v) is 5.22. The first-order valence-corrected chi connectivity index (χ1v) is 6.58. The molecule has 5 nitrogen and oxygen atoms in total. The predicted octanol–water partition coefficient (Wildman–Crippen LogP) is 3.51. The Labute approximate surface area is 130 Å². The van der Waals surface area contributed by atoms with Gasteiger partial charge in [0.1, 0.15) is 17.1 Å². The summed E-state index contributed by atoms with van der Waals surface area (Å²) in [6.07, 6.45) is 0. The van der Waals surface area contributed by atoms with Gasteiger partial charge < -0.3 is 10.5 Å². The number of nitrogens with zero attached hydrogens (tertiary/aromatic N) is 2. The van der Waals surface area contributed by atoms with Crippen LogP contribution in [0, 0.1) is 6.92 Å². The van der Waals surface area contributed by atoms with Crippen molar-refractivity contribution in [2.75, 3.05) is 12.8 Å². The average Bonchev–Trinajstić information content (AvgIpc) is 2.63. The molecule has 2 N–H and O–H groups in total. The zero-order valence-electron chi connectivity index (χ0n) is 10.6. The van der Waals surface area contributed by atoms with E-state index in [1.165, 1.54) is 23.9 Å². The highest BCUT2D eigenvalue weighted by Crippen LogP contribution is 2.34. The summed E-state index contributed by atoms with van der Waals surface area (Å²) in [4.78, 5) is 11.7. The van der Waals surface area contributed by atoms with Gasteiger partial charge in [-0.1, -0.05) is 34.8 Å². The van der Waals surface area contributed by atoms with Gasteiger partial charge in [0.05, 0.1) is 22.8 Å². The number of ether oxygens (including phenoxy) is 1. The molecule has 0 atom stereocenters. The minimum absolute atomic E-state index is 0.0977. The largest absolute Gasteiger partial charge is 0.465 e. The quantitative estimate of drug-likeness (QED) is 0.853. The lowest BCUT2D eigenvalue weighted by atomic mass is 10.2. The fourth-order valence-corrected chi connectivity index (χ4v) is 2.78. The first-order valence-electron chi connectivity index (χ1n) is 5.45. The average molecular weight is 335 g/mol. The van der Waals surface area contributed by atoms with Crippen molar-refractivity contribution in [3.05, 3.63) is 38.5 Å². The van der Waals surface area contributed by atoms with Gasteiger partial charge in [0.15, 0.2) is 0 Å². The molecule has 1 aromatic heterocycles. The molecular formula is C12H10Cl3N3O2. The van der Waals surface area contributed by atoms with Gasteiger partial charge in [0.25, 0.3) is 0 Å². The van der Waals surface area contributed by atoms with E-state index in [1.807, 2.05) is 0 Å². The molecule has 0 aliphatic heterocycles. The molecule has 106 valence electrons. The van der Waals surface area contributed by atoms with Gasteiger partial charge in [-0.25, -0.2) is 9.48 Å². The number of hydrogen-bond donors (Lipinski definition) is 1. The third-order valence-corrected chi connectivity index (χ3v) is 3.47. The second kappa shape index (κ2) is 5.52. The topological polar surface area (TPSA) is 70.1 Å². The zero-order chi connectivity index (χ0) is 15.0. The molecule has 0 bridgehead atoms. The highest BCUT2D eigenvalue weighted by atomic mass is 35.5. The number of anilines is 1. The van der Waals surface area contributed by atoms with E-state index in [0.29, 0.717) is 16.4 Å². The van der Waals surface area contributed by atoms with Crippen LogP contribution in [0.2, 0.25) is 15.1 Å². The summed E-state index contributed by atoms with van der Waals surface area (Å²) in [5, 5.41) is 5.11. The number of aryl methyl sites for hydroxylation is 1. The standard InChI is InChI=1S/C12H10Cl3N3O2/c1-5-9(12(19)20-2)11(16)18(17-5)10-7(14)3-6(13)4-8(10)15/h3-4H,16H2,1-2H3. The molecule has 0 fully saturated rings. The van der Waals surface area contributed by atoms with Crippen LogP contribution in [-0.4, -0.2) is 22.9 Å². The molecule has 0 unspecified atom stereocenters. The fourth-order valence-electron chi connectivity index (χ4n) is 1.81. The van der Waals surface area contributed by atoms with Crippen LogP contribution in [0.25, 0.3) is 5.69 Å². The third-order valence-electron chi connectivity index (χ3n) is 2.68. The summed E-state index contributed by atoms with van der Waals surface area (Å²) < 4.78 is 5.96. The molecule has 0 aliphatic carbocycles. The predicted molar refractivity (Wildman–Crippen MR) is 79.1 cm³/mol. The number of rotatable bonds is 2. The van der Waals surface area contributed by atoms with Crippen LogP contribution in [0.15, 0.2) is 12.1 Å². The van der Waals surface area contributed by atoms with E-state index in [9.17, 15) is 4.79 Å². The van der Waals surface area contributed by atoms with Crippen molar-refractivity contribution in [1.29, 1.82) is 0 Å². The van der Waals surface area contributed by atoms with Gasteiger partial charge in [-0.05, 0) is 19.1 Å². The molecule has 0 amide bonds. The number of carbonyl (C=O) groups excluding carboxylic acids is 1. The van der Waals surface area contributed by atoms with E-state index < -0.39 is 5.97 Å². The lowest BCUT2D eigenvalue weighted by molar-refractivity contribution is 0.0601. The van der Waals surface area contributed by atoms with Crippen LogP contribution in [0.1, 0.15) is 16.1 Å². The van der Waals surface area contributed by atoms with E-state index in [-0.39, 0.29) is 21.4 Å². The molecule has 0 spiro atoms. The number of methoxy groups -OCH3 is 1. The Balaban J connectivity index is 2.70. The molecule has 0 saturated heterocycles. The monoisotopic (exact) mass is 333 g/mol. The summed E-state index contributed by atoms with van der Waals surface area (Å²) in [7, 11) is 1.26. The summed E-state index contributed by atoms with van der Waals surface area (Å²) in [6, 6.07) is 3.02. The maximum absolute atomic E-state index is 11.7. The van der Waals surface area contributed by atoms with E-state index >= 15 is 0 Å². The van der Waals surface area contributed by atoms with Crippen molar-refractivity contribution in [2.45, 2.75) is 6.92 Å². The Morgan fingerprint density at radius 1 is 1.30 bits per heavy atom. The molecule has 0 aliphatic rings. The molecule has 0 saturated carbocycles. The molecule has 2 aromatic rings. The SMILES string of the molecule is COC(=O)c1c(C)nn(-c2c(Cl)cc(Cl)cc2Cl)c1N. The third kappa shape index (κ3) is 2.44. The molecule has 2 rings (SSSR count). The van der Waals surface area contributed by atoms with Crippen LogP contribution in [-0.2, 0) is 4.74 Å². The van der Waals surface area contributed by atoms with Crippen LogP contribution >= 0.6 is 34.8 Å². The molecule has 1 aromatic carbocycles. The lowest BCUT2D eigenvalue weighted by Gasteiger charge is -2.09. The Kier molecular flexibility index (Phi) is 4.13. The highest BCUT2D eigenvalue weighted by Gasteiger charge is 2.23. The Morgan fingerprint density at radius 3 is 2.35 bits per heavy atom. The first-order chi connectivity index (χ1) is 9.36. The molecular weight excluding hydrogens is 325 g/mol. The molecule has 20 heavy (non-hydrogen) atoms. The van der Waals surface area contributed by atoms with Crippen LogP contribution in [0.4, 0.5) is 5.82 Å². The maximum atomic E-state index is 11.7. The normalized spacial score (nSPS) is 10.7. The second-order valence-electron chi connectivity index (χ2n) is 3.97. The molecule has 0 radical (unpaired) electrons. The van der Waals surface area contributed by atoms with Gasteiger partial charge >= 0.3 is 5.97 Å². The smallest absolute Gasteiger partial charge is 0.343 e. The minimum Gasteiger partial charge on any atom is -0.465 e. The fraction of sp³-hybridized carbons (Fsp3) is 0.167. The van der Waals surface area contributed by atoms with Gasteiger partial charge in [0, 0.05) is 5.02 Å². The van der Waals surface area contributed by atoms with Crippen LogP contribution < -0.4 is 5.73 Å².